The Balaban J connectivity index is 0.000000193. The van der Waals surface area contributed by atoms with Crippen LogP contribution >= 0.6 is 0 Å². The summed E-state index contributed by atoms with van der Waals surface area (Å²) in [6, 6.07) is 18.6. The quantitative estimate of drug-likeness (QED) is 0.621. The predicted molar refractivity (Wildman–Crippen MR) is 87.4 cm³/mol. The SMILES string of the molecule is CC.Cc1ccccc1.c1ccc2c(c1)CCCCO2. The summed E-state index contributed by atoms with van der Waals surface area (Å²) in [6.07, 6.45) is 3.63. The summed E-state index contributed by atoms with van der Waals surface area (Å²) in [5.74, 6) is 1.09. The lowest BCUT2D eigenvalue weighted by atomic mass is 10.1. The van der Waals surface area contributed by atoms with E-state index in [1.165, 1.54) is 30.4 Å². The number of benzene rings is 2. The zero-order valence-corrected chi connectivity index (χ0v) is 12.9. The van der Waals surface area contributed by atoms with Crippen LogP contribution in [0.25, 0.3) is 0 Å². The molecular weight excluding hydrogens is 244 g/mol. The highest BCUT2D eigenvalue weighted by molar-refractivity contribution is 5.33. The van der Waals surface area contributed by atoms with Crippen molar-refractivity contribution in [3.63, 3.8) is 0 Å². The Bertz CT molecular complexity index is 437. The second kappa shape index (κ2) is 10.1. The van der Waals surface area contributed by atoms with E-state index >= 15 is 0 Å². The first kappa shape index (κ1) is 16.3. The highest BCUT2D eigenvalue weighted by atomic mass is 16.5. The molecule has 0 atom stereocenters. The minimum atomic E-state index is 0.886. The van der Waals surface area contributed by atoms with E-state index in [-0.39, 0.29) is 0 Å². The molecule has 0 aromatic heterocycles. The van der Waals surface area contributed by atoms with Crippen molar-refractivity contribution in [3.05, 3.63) is 65.7 Å². The van der Waals surface area contributed by atoms with E-state index in [0.717, 1.165) is 12.4 Å². The van der Waals surface area contributed by atoms with Gasteiger partial charge in [0.05, 0.1) is 6.61 Å². The molecule has 1 aliphatic heterocycles. The lowest BCUT2D eigenvalue weighted by molar-refractivity contribution is 0.317. The van der Waals surface area contributed by atoms with Gasteiger partial charge in [0.2, 0.25) is 0 Å². The minimum absolute atomic E-state index is 0.886. The van der Waals surface area contributed by atoms with Gasteiger partial charge in [0.25, 0.3) is 0 Å². The molecule has 0 unspecified atom stereocenters. The van der Waals surface area contributed by atoms with Gasteiger partial charge < -0.3 is 4.74 Å². The van der Waals surface area contributed by atoms with Crippen molar-refractivity contribution in [2.75, 3.05) is 6.61 Å². The number of hydrogen-bond donors (Lipinski definition) is 0. The average Bonchev–Trinajstić information content (AvgIpc) is 2.76. The van der Waals surface area contributed by atoms with Gasteiger partial charge in [-0.15, -0.1) is 0 Å². The van der Waals surface area contributed by atoms with E-state index in [9.17, 15) is 0 Å². The van der Waals surface area contributed by atoms with Gasteiger partial charge in [0, 0.05) is 0 Å². The summed E-state index contributed by atoms with van der Waals surface area (Å²) < 4.78 is 5.55. The van der Waals surface area contributed by atoms with E-state index in [1.54, 1.807) is 0 Å². The molecule has 0 amide bonds. The van der Waals surface area contributed by atoms with E-state index in [0.29, 0.717) is 0 Å². The van der Waals surface area contributed by atoms with Crippen LogP contribution in [0, 0.1) is 6.92 Å². The third kappa shape index (κ3) is 5.92. The minimum Gasteiger partial charge on any atom is -0.493 e. The number of rotatable bonds is 0. The van der Waals surface area contributed by atoms with Gasteiger partial charge >= 0.3 is 0 Å². The zero-order valence-electron chi connectivity index (χ0n) is 12.9. The van der Waals surface area contributed by atoms with Crippen molar-refractivity contribution in [2.24, 2.45) is 0 Å². The lowest BCUT2D eigenvalue weighted by Gasteiger charge is -2.04. The van der Waals surface area contributed by atoms with Crippen LogP contribution in [0.1, 0.15) is 37.8 Å². The van der Waals surface area contributed by atoms with Gasteiger partial charge in [-0.2, -0.15) is 0 Å². The molecule has 1 nitrogen and oxygen atoms in total. The van der Waals surface area contributed by atoms with Crippen LogP contribution in [0.15, 0.2) is 54.6 Å². The van der Waals surface area contributed by atoms with E-state index in [1.807, 2.05) is 38.1 Å². The number of fused-ring (bicyclic) bond motifs is 1. The third-order valence-corrected chi connectivity index (χ3v) is 3.01. The molecule has 0 radical (unpaired) electrons. The van der Waals surface area contributed by atoms with Crippen molar-refractivity contribution >= 4 is 0 Å². The molecule has 1 heterocycles. The molecule has 2 aromatic carbocycles. The lowest BCUT2D eigenvalue weighted by Crippen LogP contribution is -1.93. The van der Waals surface area contributed by atoms with Crippen molar-refractivity contribution in [2.45, 2.75) is 40.0 Å². The highest BCUT2D eigenvalue weighted by Gasteiger charge is 2.05. The Morgan fingerprint density at radius 3 is 2.10 bits per heavy atom. The van der Waals surface area contributed by atoms with Crippen molar-refractivity contribution in [3.8, 4) is 5.75 Å². The van der Waals surface area contributed by atoms with Gasteiger partial charge in [-0.25, -0.2) is 0 Å². The number of ether oxygens (including phenoxy) is 1. The summed E-state index contributed by atoms with van der Waals surface area (Å²) in [6.45, 7) is 6.97. The Labute approximate surface area is 123 Å². The van der Waals surface area contributed by atoms with Crippen LogP contribution in [0.3, 0.4) is 0 Å². The molecule has 20 heavy (non-hydrogen) atoms. The predicted octanol–water partition coefficient (Wildman–Crippen LogP) is 5.42. The number of aryl methyl sites for hydroxylation is 2. The van der Waals surface area contributed by atoms with E-state index in [4.69, 9.17) is 4.74 Å². The van der Waals surface area contributed by atoms with Gasteiger partial charge in [-0.05, 0) is 37.8 Å². The Morgan fingerprint density at radius 1 is 0.800 bits per heavy atom. The van der Waals surface area contributed by atoms with Crippen molar-refractivity contribution in [1.82, 2.24) is 0 Å². The Morgan fingerprint density at radius 2 is 1.45 bits per heavy atom. The second-order valence-electron chi connectivity index (χ2n) is 4.57. The second-order valence-corrected chi connectivity index (χ2v) is 4.57. The van der Waals surface area contributed by atoms with Crippen LogP contribution < -0.4 is 4.74 Å². The van der Waals surface area contributed by atoms with E-state index in [2.05, 4.69) is 37.3 Å². The molecule has 3 rings (SSSR count). The van der Waals surface area contributed by atoms with Crippen LogP contribution in [0.2, 0.25) is 0 Å². The molecular formula is C19H26O. The number of hydrogen-bond acceptors (Lipinski definition) is 1. The molecule has 108 valence electrons. The molecule has 0 saturated heterocycles. The van der Waals surface area contributed by atoms with Crippen LogP contribution in [0.4, 0.5) is 0 Å². The maximum atomic E-state index is 5.55. The summed E-state index contributed by atoms with van der Waals surface area (Å²) in [5.41, 5.74) is 2.69. The maximum Gasteiger partial charge on any atom is 0.122 e. The van der Waals surface area contributed by atoms with Crippen molar-refractivity contribution in [1.29, 1.82) is 0 Å². The van der Waals surface area contributed by atoms with Crippen LogP contribution in [-0.4, -0.2) is 6.61 Å². The first-order chi connectivity index (χ1) is 9.86. The summed E-state index contributed by atoms with van der Waals surface area (Å²) in [4.78, 5) is 0. The first-order valence-electron chi connectivity index (χ1n) is 7.58. The fourth-order valence-corrected chi connectivity index (χ4v) is 1.99. The third-order valence-electron chi connectivity index (χ3n) is 3.01. The van der Waals surface area contributed by atoms with Crippen LogP contribution in [0.5, 0.6) is 5.75 Å². The topological polar surface area (TPSA) is 9.23 Å². The summed E-state index contributed by atoms with van der Waals surface area (Å²) >= 11 is 0. The summed E-state index contributed by atoms with van der Waals surface area (Å²) in [7, 11) is 0. The Kier molecular flexibility index (Phi) is 8.21. The standard InChI is InChI=1S/C10H12O.C7H8.C2H6/c1-2-7-10-9(5-1)6-3-4-8-11-10;1-7-5-3-2-4-6-7;1-2/h1-2,5,7H,3-4,6,8H2;2-6H,1H3;1-2H3. The fourth-order valence-electron chi connectivity index (χ4n) is 1.99. The molecule has 0 N–H and O–H groups in total. The highest BCUT2D eigenvalue weighted by Crippen LogP contribution is 2.22. The normalized spacial score (nSPS) is 12.3. The Hall–Kier alpha value is -1.76. The molecule has 1 aliphatic rings. The van der Waals surface area contributed by atoms with Crippen LogP contribution in [-0.2, 0) is 6.42 Å². The molecule has 0 spiro atoms. The molecule has 1 heteroatoms. The average molecular weight is 270 g/mol. The smallest absolute Gasteiger partial charge is 0.122 e. The molecule has 0 fully saturated rings. The van der Waals surface area contributed by atoms with Gasteiger partial charge in [0.1, 0.15) is 5.75 Å². The fraction of sp³-hybridized carbons (Fsp3) is 0.368. The summed E-state index contributed by atoms with van der Waals surface area (Å²) in [5, 5.41) is 0. The van der Waals surface area contributed by atoms with Gasteiger partial charge in [-0.3, -0.25) is 0 Å². The molecule has 0 aliphatic carbocycles. The monoisotopic (exact) mass is 270 g/mol. The molecule has 2 aromatic rings. The van der Waals surface area contributed by atoms with Gasteiger partial charge in [0.15, 0.2) is 0 Å². The molecule has 0 bridgehead atoms. The molecule has 0 saturated carbocycles. The van der Waals surface area contributed by atoms with Gasteiger partial charge in [-0.1, -0.05) is 67.9 Å². The van der Waals surface area contributed by atoms with Crippen molar-refractivity contribution < 1.29 is 4.74 Å². The first-order valence-corrected chi connectivity index (χ1v) is 7.58. The zero-order chi connectivity index (χ0) is 14.6. The maximum absolute atomic E-state index is 5.55. The largest absolute Gasteiger partial charge is 0.493 e. The number of para-hydroxylation sites is 1. The van der Waals surface area contributed by atoms with E-state index < -0.39 is 0 Å².